The second-order valence-corrected chi connectivity index (χ2v) is 4.51. The largest absolute Gasteiger partial charge is 0.327 e. The number of imidazole rings is 2. The minimum absolute atomic E-state index is 0.408. The summed E-state index contributed by atoms with van der Waals surface area (Å²) < 4.78 is 3.98. The van der Waals surface area contributed by atoms with Gasteiger partial charge in [0, 0.05) is 25.4 Å². The molecule has 0 atom stereocenters. The molecule has 0 spiro atoms. The Morgan fingerprint density at radius 2 is 2.12 bits per heavy atom. The van der Waals surface area contributed by atoms with Crippen molar-refractivity contribution in [2.24, 2.45) is 7.05 Å². The topological polar surface area (TPSA) is 35.6 Å². The van der Waals surface area contributed by atoms with Crippen LogP contribution in [0, 0.1) is 0 Å². The van der Waals surface area contributed by atoms with Crippen LogP contribution in [-0.2, 0) is 13.6 Å². The summed E-state index contributed by atoms with van der Waals surface area (Å²) in [5.74, 6) is 2.41. The van der Waals surface area contributed by atoms with Crippen molar-refractivity contribution in [2.45, 2.75) is 26.3 Å². The van der Waals surface area contributed by atoms with Crippen molar-refractivity contribution in [2.75, 3.05) is 0 Å². The van der Waals surface area contributed by atoms with E-state index in [0.29, 0.717) is 17.6 Å². The van der Waals surface area contributed by atoms with Gasteiger partial charge in [-0.15, -0.1) is 0 Å². The zero-order valence-corrected chi connectivity index (χ0v) is 10.4. The second kappa shape index (κ2) is 4.29. The summed E-state index contributed by atoms with van der Waals surface area (Å²) in [6.07, 6.45) is 5.46. The lowest BCUT2D eigenvalue weighted by molar-refractivity contribution is 0.632. The third-order valence-corrected chi connectivity index (χ3v) is 2.95. The lowest BCUT2D eigenvalue weighted by Gasteiger charge is -2.10. The Hall–Kier alpha value is -1.29. The van der Waals surface area contributed by atoms with Crippen LogP contribution in [0.4, 0.5) is 0 Å². The first-order chi connectivity index (χ1) is 7.59. The van der Waals surface area contributed by atoms with E-state index >= 15 is 0 Å². The molecule has 2 heterocycles. The number of hydrogen-bond donors (Lipinski definition) is 0. The monoisotopic (exact) mass is 238 g/mol. The third-order valence-electron chi connectivity index (χ3n) is 2.60. The van der Waals surface area contributed by atoms with E-state index in [-0.39, 0.29) is 0 Å². The number of rotatable bonds is 3. The summed E-state index contributed by atoms with van der Waals surface area (Å²) in [4.78, 5) is 8.61. The summed E-state index contributed by atoms with van der Waals surface area (Å²) in [5.41, 5.74) is 0. The molecule has 0 bridgehead atoms. The highest BCUT2D eigenvalue weighted by atomic mass is 35.5. The van der Waals surface area contributed by atoms with Crippen LogP contribution in [-0.4, -0.2) is 19.1 Å². The summed E-state index contributed by atoms with van der Waals surface area (Å²) in [7, 11) is 1.91. The molecule has 0 N–H and O–H groups in total. The maximum atomic E-state index is 5.95. The highest BCUT2D eigenvalue weighted by Crippen LogP contribution is 2.15. The van der Waals surface area contributed by atoms with Crippen LogP contribution in [0.5, 0.6) is 0 Å². The fraction of sp³-hybridized carbons (Fsp3) is 0.455. The van der Waals surface area contributed by atoms with Gasteiger partial charge >= 0.3 is 0 Å². The lowest BCUT2D eigenvalue weighted by Crippen LogP contribution is -2.09. The molecule has 0 aliphatic heterocycles. The zero-order valence-electron chi connectivity index (χ0n) is 9.68. The molecule has 0 aromatic carbocycles. The predicted octanol–water partition coefficient (Wildman–Crippen LogP) is 2.44. The lowest BCUT2D eigenvalue weighted by atomic mass is 10.2. The molecule has 86 valence electrons. The molecule has 4 nitrogen and oxygen atoms in total. The molecule has 0 saturated carbocycles. The van der Waals surface area contributed by atoms with Crippen molar-refractivity contribution in [1.29, 1.82) is 0 Å². The van der Waals surface area contributed by atoms with Gasteiger partial charge in [0.25, 0.3) is 0 Å². The molecule has 0 radical (unpaired) electrons. The second-order valence-electron chi connectivity index (χ2n) is 4.12. The van der Waals surface area contributed by atoms with Crippen molar-refractivity contribution < 1.29 is 0 Å². The maximum Gasteiger partial charge on any atom is 0.129 e. The average Bonchev–Trinajstić information content (AvgIpc) is 2.80. The van der Waals surface area contributed by atoms with Crippen molar-refractivity contribution in [3.63, 3.8) is 0 Å². The fourth-order valence-corrected chi connectivity index (χ4v) is 1.82. The van der Waals surface area contributed by atoms with Gasteiger partial charge in [-0.1, -0.05) is 25.4 Å². The summed E-state index contributed by atoms with van der Waals surface area (Å²) >= 11 is 5.95. The van der Waals surface area contributed by atoms with Gasteiger partial charge in [-0.2, -0.15) is 0 Å². The Bertz CT molecular complexity index is 484. The number of halogens is 1. The van der Waals surface area contributed by atoms with Crippen molar-refractivity contribution >= 4 is 11.6 Å². The molecule has 0 aliphatic rings. The molecule has 0 unspecified atom stereocenters. The molecule has 0 saturated heterocycles. The standard InChI is InChI=1S/C11H15ClN4/c1-8(2)11-13-4-5-16(11)7-10-14-6-9(12)15(10)3/h4-6,8H,7H2,1-3H3. The summed E-state index contributed by atoms with van der Waals surface area (Å²) in [6, 6.07) is 0. The van der Waals surface area contributed by atoms with Crippen LogP contribution in [0.3, 0.4) is 0 Å². The number of hydrogen-bond acceptors (Lipinski definition) is 2. The van der Waals surface area contributed by atoms with Gasteiger partial charge in [-0.05, 0) is 0 Å². The average molecular weight is 239 g/mol. The smallest absolute Gasteiger partial charge is 0.129 e. The van der Waals surface area contributed by atoms with Gasteiger partial charge in [0.2, 0.25) is 0 Å². The number of aromatic nitrogens is 4. The predicted molar refractivity (Wildman–Crippen MR) is 63.6 cm³/mol. The fourth-order valence-electron chi connectivity index (χ4n) is 1.68. The molecule has 2 aromatic heterocycles. The molecule has 0 aliphatic carbocycles. The SMILES string of the molecule is CC(C)c1nccn1Cc1ncc(Cl)n1C. The first kappa shape index (κ1) is 11.2. The molecule has 0 amide bonds. The van der Waals surface area contributed by atoms with Crippen molar-refractivity contribution in [3.8, 4) is 0 Å². The van der Waals surface area contributed by atoms with Crippen molar-refractivity contribution in [3.05, 3.63) is 35.4 Å². The van der Waals surface area contributed by atoms with E-state index in [1.165, 1.54) is 0 Å². The Morgan fingerprint density at radius 1 is 1.38 bits per heavy atom. The van der Waals surface area contributed by atoms with Crippen LogP contribution in [0.1, 0.15) is 31.4 Å². The van der Waals surface area contributed by atoms with Crippen molar-refractivity contribution in [1.82, 2.24) is 19.1 Å². The summed E-state index contributed by atoms with van der Waals surface area (Å²) in [5, 5.41) is 0.654. The highest BCUT2D eigenvalue weighted by Gasteiger charge is 2.10. The summed E-state index contributed by atoms with van der Waals surface area (Å²) in [6.45, 7) is 4.96. The van der Waals surface area contributed by atoms with E-state index < -0.39 is 0 Å². The Labute approximate surface area is 99.9 Å². The van der Waals surface area contributed by atoms with Crippen LogP contribution in [0.2, 0.25) is 5.15 Å². The highest BCUT2D eigenvalue weighted by molar-refractivity contribution is 6.29. The molecular formula is C11H15ClN4. The van der Waals surface area contributed by atoms with Crippen LogP contribution in [0.25, 0.3) is 0 Å². The first-order valence-corrected chi connectivity index (χ1v) is 5.64. The normalized spacial score (nSPS) is 11.3. The van der Waals surface area contributed by atoms with E-state index in [1.54, 1.807) is 6.20 Å². The Balaban J connectivity index is 2.27. The third kappa shape index (κ3) is 1.97. The Morgan fingerprint density at radius 3 is 2.69 bits per heavy atom. The Kier molecular flexibility index (Phi) is 3.01. The van der Waals surface area contributed by atoms with Crippen LogP contribution < -0.4 is 0 Å². The molecule has 2 rings (SSSR count). The molecule has 0 fully saturated rings. The van der Waals surface area contributed by atoms with Gasteiger partial charge in [0.1, 0.15) is 16.8 Å². The van der Waals surface area contributed by atoms with Gasteiger partial charge < -0.3 is 9.13 Å². The minimum atomic E-state index is 0.408. The quantitative estimate of drug-likeness (QED) is 0.824. The molecular weight excluding hydrogens is 224 g/mol. The molecule has 5 heteroatoms. The molecule has 2 aromatic rings. The first-order valence-electron chi connectivity index (χ1n) is 5.26. The van der Waals surface area contributed by atoms with E-state index in [2.05, 4.69) is 28.4 Å². The van der Waals surface area contributed by atoms with Crippen LogP contribution in [0.15, 0.2) is 18.6 Å². The van der Waals surface area contributed by atoms with Gasteiger partial charge in [0.15, 0.2) is 0 Å². The minimum Gasteiger partial charge on any atom is -0.327 e. The van der Waals surface area contributed by atoms with Gasteiger partial charge in [0.05, 0.1) is 12.7 Å². The van der Waals surface area contributed by atoms with Crippen LogP contribution >= 0.6 is 11.6 Å². The van der Waals surface area contributed by atoms with E-state index in [4.69, 9.17) is 11.6 Å². The van der Waals surface area contributed by atoms with E-state index in [9.17, 15) is 0 Å². The van der Waals surface area contributed by atoms with E-state index in [0.717, 1.165) is 11.6 Å². The van der Waals surface area contributed by atoms with Gasteiger partial charge in [-0.25, -0.2) is 9.97 Å². The van der Waals surface area contributed by atoms with E-state index in [1.807, 2.05) is 24.0 Å². The zero-order chi connectivity index (χ0) is 11.7. The molecule has 16 heavy (non-hydrogen) atoms. The number of nitrogens with zero attached hydrogens (tertiary/aromatic N) is 4. The van der Waals surface area contributed by atoms with Gasteiger partial charge in [-0.3, -0.25) is 0 Å². The maximum absolute atomic E-state index is 5.95.